The van der Waals surface area contributed by atoms with E-state index in [2.05, 4.69) is 27.8 Å². The monoisotopic (exact) mass is 371 g/mol. The molecule has 4 heteroatoms. The molecule has 3 nitrogen and oxygen atoms in total. The van der Waals surface area contributed by atoms with Gasteiger partial charge >= 0.3 is 0 Å². The van der Waals surface area contributed by atoms with Crippen LogP contribution in [0, 0.1) is 11.8 Å². The van der Waals surface area contributed by atoms with Gasteiger partial charge in [0, 0.05) is 29.5 Å². The first kappa shape index (κ1) is 17.1. The molecule has 0 N–H and O–H groups in total. The van der Waals surface area contributed by atoms with E-state index in [0.717, 1.165) is 22.2 Å². The number of carbonyl (C=O) groups is 1. The highest BCUT2D eigenvalue weighted by molar-refractivity contribution is 9.10. The number of hydrogen-bond acceptors (Lipinski definition) is 2. The topological polar surface area (TPSA) is 29.5 Å². The summed E-state index contributed by atoms with van der Waals surface area (Å²) >= 11 is 3.51. The summed E-state index contributed by atoms with van der Waals surface area (Å²) in [6, 6.07) is 15.3. The second kappa shape index (κ2) is 8.40. The zero-order chi connectivity index (χ0) is 16.7. The van der Waals surface area contributed by atoms with Crippen molar-refractivity contribution in [1.29, 1.82) is 0 Å². The van der Waals surface area contributed by atoms with Gasteiger partial charge in [0.2, 0.25) is 0 Å². The number of rotatable bonds is 4. The molecule has 0 radical (unpaired) electrons. The van der Waals surface area contributed by atoms with E-state index >= 15 is 0 Å². The lowest BCUT2D eigenvalue weighted by atomic mass is 10.1. The molecular formula is C19H18BrNO2. The van der Waals surface area contributed by atoms with Crippen LogP contribution < -0.4 is 4.74 Å². The molecule has 0 unspecified atom stereocenters. The summed E-state index contributed by atoms with van der Waals surface area (Å²) in [6.45, 7) is 0.624. The summed E-state index contributed by atoms with van der Waals surface area (Å²) < 4.78 is 6.15. The van der Waals surface area contributed by atoms with Gasteiger partial charge in [0.15, 0.2) is 0 Å². The number of carbonyl (C=O) groups excluding carboxylic acids is 1. The van der Waals surface area contributed by atoms with Crippen molar-refractivity contribution in [3.63, 3.8) is 0 Å². The Kier molecular flexibility index (Phi) is 6.25. The van der Waals surface area contributed by atoms with E-state index in [1.54, 1.807) is 19.1 Å². The van der Waals surface area contributed by atoms with Gasteiger partial charge in [0.05, 0.1) is 7.11 Å². The van der Waals surface area contributed by atoms with Crippen molar-refractivity contribution >= 4 is 21.8 Å². The third-order valence-electron chi connectivity index (χ3n) is 3.42. The molecule has 2 aromatic carbocycles. The number of hydrogen-bond donors (Lipinski definition) is 0. The first-order chi connectivity index (χ1) is 11.1. The minimum atomic E-state index is -0.187. The predicted octanol–water partition coefficient (Wildman–Crippen LogP) is 3.51. The number of likely N-dealkylation sites (N-methyl/N-ethyl adjacent to an activating group) is 1. The Hall–Kier alpha value is -2.25. The third-order valence-corrected chi connectivity index (χ3v) is 4.20. The summed E-state index contributed by atoms with van der Waals surface area (Å²) in [5.41, 5.74) is 1.97. The Morgan fingerprint density at radius 1 is 1.17 bits per heavy atom. The van der Waals surface area contributed by atoms with Crippen LogP contribution in [0.25, 0.3) is 0 Å². The van der Waals surface area contributed by atoms with Crippen LogP contribution >= 0.6 is 15.9 Å². The normalized spacial score (nSPS) is 9.70. The lowest BCUT2D eigenvalue weighted by Gasteiger charge is -2.14. The van der Waals surface area contributed by atoms with Gasteiger partial charge in [-0.1, -0.05) is 40.0 Å². The van der Waals surface area contributed by atoms with E-state index in [9.17, 15) is 4.79 Å². The smallest absolute Gasteiger partial charge is 0.298 e. The van der Waals surface area contributed by atoms with Crippen LogP contribution in [0.5, 0.6) is 5.75 Å². The maximum absolute atomic E-state index is 12.1. The average molecular weight is 372 g/mol. The fraction of sp³-hybridized carbons (Fsp3) is 0.211. The van der Waals surface area contributed by atoms with Crippen molar-refractivity contribution in [2.45, 2.75) is 6.42 Å². The van der Waals surface area contributed by atoms with E-state index in [-0.39, 0.29) is 5.91 Å². The highest BCUT2D eigenvalue weighted by Gasteiger charge is 2.06. The van der Waals surface area contributed by atoms with Gasteiger partial charge in [0.1, 0.15) is 5.75 Å². The molecule has 2 rings (SSSR count). The molecular weight excluding hydrogens is 354 g/mol. The van der Waals surface area contributed by atoms with E-state index < -0.39 is 0 Å². The molecule has 0 aliphatic rings. The zero-order valence-electron chi connectivity index (χ0n) is 13.2. The minimum Gasteiger partial charge on any atom is -0.497 e. The Morgan fingerprint density at radius 3 is 2.52 bits per heavy atom. The molecule has 0 spiro atoms. The summed E-state index contributed by atoms with van der Waals surface area (Å²) in [5, 5.41) is 0. The molecule has 0 heterocycles. The number of ether oxygens (including phenoxy) is 1. The fourth-order valence-corrected chi connectivity index (χ4v) is 2.47. The average Bonchev–Trinajstić information content (AvgIpc) is 2.59. The lowest BCUT2D eigenvalue weighted by Crippen LogP contribution is -2.27. The second-order valence-electron chi connectivity index (χ2n) is 5.05. The Balaban J connectivity index is 1.92. The van der Waals surface area contributed by atoms with Crippen LogP contribution in [0.2, 0.25) is 0 Å². The van der Waals surface area contributed by atoms with Crippen molar-refractivity contribution in [1.82, 2.24) is 4.90 Å². The van der Waals surface area contributed by atoms with Crippen molar-refractivity contribution < 1.29 is 9.53 Å². The summed E-state index contributed by atoms with van der Waals surface area (Å²) in [6.07, 6.45) is 0.786. The van der Waals surface area contributed by atoms with Crippen molar-refractivity contribution in [2.75, 3.05) is 20.7 Å². The molecule has 1 amide bonds. The van der Waals surface area contributed by atoms with Gasteiger partial charge in [-0.3, -0.25) is 4.79 Å². The third kappa shape index (κ3) is 5.15. The number of benzene rings is 2. The van der Waals surface area contributed by atoms with Crippen LogP contribution in [0.15, 0.2) is 53.0 Å². The molecule has 0 saturated heterocycles. The Bertz CT molecular complexity index is 729. The number of amides is 1. The first-order valence-corrected chi connectivity index (χ1v) is 8.04. The van der Waals surface area contributed by atoms with Gasteiger partial charge in [-0.05, 0) is 42.3 Å². The van der Waals surface area contributed by atoms with Crippen LogP contribution in [0.3, 0.4) is 0 Å². The van der Waals surface area contributed by atoms with Crippen molar-refractivity contribution in [3.8, 4) is 17.6 Å². The molecule has 0 saturated carbocycles. The van der Waals surface area contributed by atoms with E-state index in [4.69, 9.17) is 4.74 Å². The highest BCUT2D eigenvalue weighted by atomic mass is 79.9. The zero-order valence-corrected chi connectivity index (χ0v) is 14.8. The van der Waals surface area contributed by atoms with Gasteiger partial charge < -0.3 is 9.64 Å². The van der Waals surface area contributed by atoms with E-state index in [0.29, 0.717) is 6.54 Å². The van der Waals surface area contributed by atoms with Crippen LogP contribution in [-0.4, -0.2) is 31.5 Å². The standard InChI is InChI=1S/C19H18BrNO2/c1-21(14-13-16-5-3-4-6-18(16)20)19(22)12-9-15-7-10-17(23-2)11-8-15/h3-8,10-11H,13-14H2,1-2H3. The number of methoxy groups -OCH3 is 1. The number of halogens is 1. The molecule has 0 bridgehead atoms. The van der Waals surface area contributed by atoms with E-state index in [1.807, 2.05) is 48.5 Å². The predicted molar refractivity (Wildman–Crippen MR) is 95.4 cm³/mol. The van der Waals surface area contributed by atoms with Gasteiger partial charge in [-0.15, -0.1) is 0 Å². The quantitative estimate of drug-likeness (QED) is 0.769. The van der Waals surface area contributed by atoms with Crippen LogP contribution in [0.4, 0.5) is 0 Å². The summed E-state index contributed by atoms with van der Waals surface area (Å²) in [5.74, 6) is 6.14. The lowest BCUT2D eigenvalue weighted by molar-refractivity contribution is -0.123. The van der Waals surface area contributed by atoms with Gasteiger partial charge in [0.25, 0.3) is 5.91 Å². The summed E-state index contributed by atoms with van der Waals surface area (Å²) in [7, 11) is 3.38. The highest BCUT2D eigenvalue weighted by Crippen LogP contribution is 2.16. The summed E-state index contributed by atoms with van der Waals surface area (Å²) in [4.78, 5) is 13.7. The molecule has 118 valence electrons. The second-order valence-corrected chi connectivity index (χ2v) is 5.90. The van der Waals surface area contributed by atoms with Crippen LogP contribution in [-0.2, 0) is 11.2 Å². The molecule has 0 atom stereocenters. The molecule has 0 aliphatic heterocycles. The number of nitrogens with zero attached hydrogens (tertiary/aromatic N) is 1. The van der Waals surface area contributed by atoms with Gasteiger partial charge in [-0.25, -0.2) is 0 Å². The van der Waals surface area contributed by atoms with Crippen molar-refractivity contribution in [2.24, 2.45) is 0 Å². The van der Waals surface area contributed by atoms with Crippen molar-refractivity contribution in [3.05, 3.63) is 64.1 Å². The molecule has 0 aliphatic carbocycles. The Morgan fingerprint density at radius 2 is 1.87 bits per heavy atom. The maximum Gasteiger partial charge on any atom is 0.298 e. The minimum absolute atomic E-state index is 0.187. The molecule has 0 fully saturated rings. The molecule has 2 aromatic rings. The van der Waals surface area contributed by atoms with Crippen LogP contribution in [0.1, 0.15) is 11.1 Å². The Labute approximate surface area is 145 Å². The molecule has 0 aromatic heterocycles. The SMILES string of the molecule is COc1ccc(C#CC(=O)N(C)CCc2ccccc2Br)cc1. The molecule has 23 heavy (non-hydrogen) atoms. The van der Waals surface area contributed by atoms with E-state index in [1.165, 1.54) is 5.56 Å². The first-order valence-electron chi connectivity index (χ1n) is 7.24. The largest absolute Gasteiger partial charge is 0.497 e. The maximum atomic E-state index is 12.1. The fourth-order valence-electron chi connectivity index (χ4n) is 1.99. The van der Waals surface area contributed by atoms with Gasteiger partial charge in [-0.2, -0.15) is 0 Å².